The minimum atomic E-state index is 0.0786. The molecule has 1 aliphatic heterocycles. The fourth-order valence-electron chi connectivity index (χ4n) is 4.36. The molecule has 0 unspecified atom stereocenters. The summed E-state index contributed by atoms with van der Waals surface area (Å²) >= 11 is 3.37. The average molecular weight is 492 g/mol. The summed E-state index contributed by atoms with van der Waals surface area (Å²) in [5.41, 5.74) is 3.17. The molecule has 0 aliphatic carbocycles. The Morgan fingerprint density at radius 3 is 2.18 bits per heavy atom. The number of nitrogens with one attached hydrogen (secondary N) is 4. The van der Waals surface area contributed by atoms with E-state index in [9.17, 15) is 0 Å². The standard InChI is InChI=1S/C22H31N3OS2.C2H7N.CH3N/c1-13-19(27-14(2)24-13)15-8-9-17(18(10-15)26-7)20(23)28-16-11-21(3,4)25-22(5,6)12-16;1-3-2;1-2/h8-10,16,23,25H,11-12H2,1-7H3;3H,1-2H3;2H,1H2. The molecule has 1 aliphatic rings. The molecule has 4 N–H and O–H groups in total. The van der Waals surface area contributed by atoms with Gasteiger partial charge in [-0.15, -0.1) is 23.1 Å². The summed E-state index contributed by atoms with van der Waals surface area (Å²) in [5, 5.41) is 22.8. The number of hydrogen-bond donors (Lipinski definition) is 4. The van der Waals surface area contributed by atoms with Crippen LogP contribution < -0.4 is 15.4 Å². The quantitative estimate of drug-likeness (QED) is 0.315. The predicted octanol–water partition coefficient (Wildman–Crippen LogP) is 5.90. The van der Waals surface area contributed by atoms with Gasteiger partial charge in [-0.2, -0.15) is 0 Å². The molecule has 184 valence electrons. The summed E-state index contributed by atoms with van der Waals surface area (Å²) in [6.45, 7) is 15.6. The number of ether oxygens (including phenoxy) is 1. The molecule has 3 rings (SSSR count). The van der Waals surface area contributed by atoms with Gasteiger partial charge in [0.05, 0.1) is 27.7 Å². The first-order chi connectivity index (χ1) is 15.4. The van der Waals surface area contributed by atoms with E-state index in [0.29, 0.717) is 10.3 Å². The van der Waals surface area contributed by atoms with Crippen LogP contribution in [0.15, 0.2) is 18.2 Å². The lowest BCUT2D eigenvalue weighted by molar-refractivity contribution is 0.189. The molecule has 1 fully saturated rings. The number of aryl methyl sites for hydroxylation is 2. The van der Waals surface area contributed by atoms with Gasteiger partial charge in [-0.3, -0.25) is 5.41 Å². The lowest BCUT2D eigenvalue weighted by atomic mass is 9.82. The molecule has 6 nitrogen and oxygen atoms in total. The van der Waals surface area contributed by atoms with Gasteiger partial charge in [-0.05, 0) is 92.9 Å². The lowest BCUT2D eigenvalue weighted by Gasteiger charge is -2.46. The summed E-state index contributed by atoms with van der Waals surface area (Å²) in [6.07, 6.45) is 2.09. The Hall–Kier alpha value is -1.74. The van der Waals surface area contributed by atoms with Crippen LogP contribution in [-0.4, -0.2) is 54.3 Å². The number of methoxy groups -OCH3 is 1. The van der Waals surface area contributed by atoms with Crippen molar-refractivity contribution in [2.24, 2.45) is 0 Å². The van der Waals surface area contributed by atoms with Crippen molar-refractivity contribution in [3.8, 4) is 16.2 Å². The fourth-order valence-corrected chi connectivity index (χ4v) is 6.91. The van der Waals surface area contributed by atoms with Crippen LogP contribution >= 0.6 is 23.1 Å². The molecule has 0 amide bonds. The van der Waals surface area contributed by atoms with Crippen LogP contribution in [0.5, 0.6) is 5.75 Å². The van der Waals surface area contributed by atoms with Crippen LogP contribution in [0.3, 0.4) is 0 Å². The smallest absolute Gasteiger partial charge is 0.129 e. The highest BCUT2D eigenvalue weighted by molar-refractivity contribution is 8.14. The van der Waals surface area contributed by atoms with Crippen molar-refractivity contribution < 1.29 is 4.74 Å². The van der Waals surface area contributed by atoms with Gasteiger partial charge in [0.15, 0.2) is 0 Å². The summed E-state index contributed by atoms with van der Waals surface area (Å²) < 4.78 is 5.66. The van der Waals surface area contributed by atoms with Crippen LogP contribution in [0, 0.1) is 24.7 Å². The molecule has 0 bridgehead atoms. The van der Waals surface area contributed by atoms with Crippen molar-refractivity contribution in [3.05, 3.63) is 34.5 Å². The second kappa shape index (κ2) is 12.6. The average Bonchev–Trinajstić information content (AvgIpc) is 3.05. The van der Waals surface area contributed by atoms with Gasteiger partial charge in [0.2, 0.25) is 0 Å². The normalized spacial score (nSPS) is 16.6. The van der Waals surface area contributed by atoms with Crippen molar-refractivity contribution in [3.63, 3.8) is 0 Å². The fraction of sp³-hybridized carbons (Fsp3) is 0.560. The molecule has 1 aromatic heterocycles. The number of thioether (sulfide) groups is 1. The van der Waals surface area contributed by atoms with Crippen molar-refractivity contribution in [1.29, 1.82) is 10.8 Å². The first kappa shape index (κ1) is 29.3. The monoisotopic (exact) mass is 491 g/mol. The number of hydrogen-bond acceptors (Lipinski definition) is 8. The van der Waals surface area contributed by atoms with Crippen LogP contribution in [0.1, 0.15) is 56.8 Å². The van der Waals surface area contributed by atoms with Gasteiger partial charge < -0.3 is 20.8 Å². The number of nitrogens with zero attached hydrogens (tertiary/aromatic N) is 1. The zero-order valence-corrected chi connectivity index (χ0v) is 23.2. The summed E-state index contributed by atoms with van der Waals surface area (Å²) in [5.74, 6) is 0.757. The van der Waals surface area contributed by atoms with Crippen molar-refractivity contribution in [2.45, 2.75) is 70.7 Å². The van der Waals surface area contributed by atoms with Crippen LogP contribution in [-0.2, 0) is 0 Å². The Morgan fingerprint density at radius 1 is 1.18 bits per heavy atom. The first-order valence-corrected chi connectivity index (χ1v) is 12.7. The second-order valence-corrected chi connectivity index (χ2v) is 11.9. The number of thiazole rings is 1. The lowest BCUT2D eigenvalue weighted by Crippen LogP contribution is -2.58. The molecule has 2 aromatic rings. The van der Waals surface area contributed by atoms with Crippen molar-refractivity contribution in [2.75, 3.05) is 21.2 Å². The van der Waals surface area contributed by atoms with Crippen molar-refractivity contribution >= 4 is 34.9 Å². The number of aromatic nitrogens is 1. The largest absolute Gasteiger partial charge is 0.496 e. The molecular weight excluding hydrogens is 450 g/mol. The number of piperidine rings is 1. The Morgan fingerprint density at radius 2 is 1.73 bits per heavy atom. The van der Waals surface area contributed by atoms with E-state index in [4.69, 9.17) is 15.6 Å². The highest BCUT2D eigenvalue weighted by Gasteiger charge is 2.38. The summed E-state index contributed by atoms with van der Waals surface area (Å²) in [4.78, 5) is 5.70. The number of benzene rings is 1. The second-order valence-electron chi connectivity index (χ2n) is 9.43. The third-order valence-electron chi connectivity index (χ3n) is 5.05. The highest BCUT2D eigenvalue weighted by Crippen LogP contribution is 2.39. The Bertz CT molecular complexity index is 908. The molecule has 0 saturated carbocycles. The van der Waals surface area contributed by atoms with E-state index in [1.165, 1.54) is 4.88 Å². The molecule has 0 atom stereocenters. The van der Waals surface area contributed by atoms with E-state index in [1.54, 1.807) is 30.2 Å². The van der Waals surface area contributed by atoms with E-state index >= 15 is 0 Å². The van der Waals surface area contributed by atoms with Gasteiger partial charge in [0, 0.05) is 21.9 Å². The Labute approximate surface area is 208 Å². The van der Waals surface area contributed by atoms with E-state index in [1.807, 2.05) is 40.1 Å². The first-order valence-electron chi connectivity index (χ1n) is 11.0. The van der Waals surface area contributed by atoms with Crippen LogP contribution in [0.4, 0.5) is 0 Å². The topological polar surface area (TPSA) is 93.9 Å². The van der Waals surface area contributed by atoms with Crippen LogP contribution in [0.25, 0.3) is 10.4 Å². The zero-order valence-electron chi connectivity index (χ0n) is 21.6. The van der Waals surface area contributed by atoms with Crippen molar-refractivity contribution in [1.82, 2.24) is 15.6 Å². The minimum absolute atomic E-state index is 0.0786. The van der Waals surface area contributed by atoms with E-state index < -0.39 is 0 Å². The Kier molecular flexibility index (Phi) is 11.2. The van der Waals surface area contributed by atoms with Gasteiger partial charge in [0.25, 0.3) is 0 Å². The van der Waals surface area contributed by atoms with Gasteiger partial charge >= 0.3 is 0 Å². The highest BCUT2D eigenvalue weighted by atomic mass is 32.2. The maximum absolute atomic E-state index is 8.74. The van der Waals surface area contributed by atoms with Crippen LogP contribution in [0.2, 0.25) is 0 Å². The van der Waals surface area contributed by atoms with Gasteiger partial charge in [0.1, 0.15) is 5.75 Å². The van der Waals surface area contributed by atoms with Gasteiger partial charge in [-0.1, -0.05) is 6.07 Å². The molecule has 8 heteroatoms. The third kappa shape index (κ3) is 8.52. The molecule has 2 heterocycles. The molecule has 0 spiro atoms. The van der Waals surface area contributed by atoms with E-state index in [0.717, 1.165) is 40.4 Å². The third-order valence-corrected chi connectivity index (χ3v) is 7.29. The summed E-state index contributed by atoms with van der Waals surface area (Å²) in [7, 11) is 5.43. The maximum Gasteiger partial charge on any atom is 0.129 e. The SMILES string of the molecule is C=N.CNC.COc1cc(-c2sc(C)nc2C)ccc1C(=N)SC1CC(C)(C)NC(C)(C)C1. The minimum Gasteiger partial charge on any atom is -0.496 e. The predicted molar refractivity (Wildman–Crippen MR) is 147 cm³/mol. The number of rotatable bonds is 4. The molecule has 1 saturated heterocycles. The summed E-state index contributed by atoms with van der Waals surface area (Å²) in [6, 6.07) is 6.15. The molecule has 0 radical (unpaired) electrons. The van der Waals surface area contributed by atoms with E-state index in [2.05, 4.69) is 56.1 Å². The zero-order chi connectivity index (χ0) is 25.4. The Balaban J connectivity index is 0.00000101. The molecule has 1 aromatic carbocycles. The molecular formula is C25H41N5OS2. The molecule has 33 heavy (non-hydrogen) atoms. The van der Waals surface area contributed by atoms with Gasteiger partial charge in [-0.25, -0.2) is 4.98 Å². The maximum atomic E-state index is 8.74. The van der Waals surface area contributed by atoms with E-state index in [-0.39, 0.29) is 11.1 Å².